The standard InChI is InChI=1S/C16H29N5/c1-2-17-12-15-13-21(19-18-15)11-10-20-9-5-7-14-6-3-4-8-16(14)20/h13-14,16-17H,2-12H2,1H3. The maximum Gasteiger partial charge on any atom is 0.0964 e. The molecule has 5 heteroatoms. The molecular weight excluding hydrogens is 262 g/mol. The third-order valence-corrected chi connectivity index (χ3v) is 5.12. The second kappa shape index (κ2) is 7.36. The van der Waals surface area contributed by atoms with Crippen LogP contribution < -0.4 is 5.32 Å². The van der Waals surface area contributed by atoms with Gasteiger partial charge in [0.2, 0.25) is 0 Å². The van der Waals surface area contributed by atoms with Crippen LogP contribution in [0, 0.1) is 5.92 Å². The number of aromatic nitrogens is 3. The molecule has 0 aromatic carbocycles. The number of nitrogens with one attached hydrogen (secondary N) is 1. The first-order valence-corrected chi connectivity index (χ1v) is 8.70. The maximum atomic E-state index is 4.26. The van der Waals surface area contributed by atoms with Gasteiger partial charge in [-0.2, -0.15) is 0 Å². The number of fused-ring (bicyclic) bond motifs is 1. The van der Waals surface area contributed by atoms with E-state index < -0.39 is 0 Å². The molecule has 2 unspecified atom stereocenters. The van der Waals surface area contributed by atoms with Crippen LogP contribution in [-0.2, 0) is 13.1 Å². The number of rotatable bonds is 6. The van der Waals surface area contributed by atoms with E-state index in [-0.39, 0.29) is 0 Å². The zero-order valence-corrected chi connectivity index (χ0v) is 13.3. The molecule has 1 N–H and O–H groups in total. The van der Waals surface area contributed by atoms with E-state index in [9.17, 15) is 0 Å². The van der Waals surface area contributed by atoms with Crippen LogP contribution in [0.15, 0.2) is 6.20 Å². The molecule has 0 amide bonds. The summed E-state index contributed by atoms with van der Waals surface area (Å²) < 4.78 is 2.01. The van der Waals surface area contributed by atoms with Gasteiger partial charge in [0.15, 0.2) is 0 Å². The molecule has 3 rings (SSSR count). The van der Waals surface area contributed by atoms with Crippen molar-refractivity contribution in [3.63, 3.8) is 0 Å². The van der Waals surface area contributed by atoms with E-state index in [0.717, 1.165) is 43.8 Å². The second-order valence-electron chi connectivity index (χ2n) is 6.54. The normalized spacial score (nSPS) is 26.7. The Morgan fingerprint density at radius 2 is 2.05 bits per heavy atom. The molecule has 0 spiro atoms. The summed E-state index contributed by atoms with van der Waals surface area (Å²) in [5.74, 6) is 0.965. The monoisotopic (exact) mass is 291 g/mol. The SMILES string of the molecule is CCNCc1cn(CCN2CCCC3CCCCC32)nn1. The summed E-state index contributed by atoms with van der Waals surface area (Å²) in [6.07, 6.45) is 10.7. The fraction of sp³-hybridized carbons (Fsp3) is 0.875. The average molecular weight is 291 g/mol. The van der Waals surface area contributed by atoms with Crippen LogP contribution in [0.25, 0.3) is 0 Å². The summed E-state index contributed by atoms with van der Waals surface area (Å²) in [5.41, 5.74) is 1.05. The molecule has 2 heterocycles. The number of likely N-dealkylation sites (tertiary alicyclic amines) is 1. The maximum absolute atomic E-state index is 4.26. The van der Waals surface area contributed by atoms with Gasteiger partial charge in [-0.15, -0.1) is 5.10 Å². The number of nitrogens with zero attached hydrogens (tertiary/aromatic N) is 4. The molecule has 1 aromatic heterocycles. The van der Waals surface area contributed by atoms with Gasteiger partial charge in [0, 0.05) is 25.3 Å². The Hall–Kier alpha value is -0.940. The van der Waals surface area contributed by atoms with Crippen LogP contribution in [-0.4, -0.2) is 45.6 Å². The van der Waals surface area contributed by atoms with Crippen molar-refractivity contribution in [1.82, 2.24) is 25.2 Å². The molecule has 2 atom stereocenters. The summed E-state index contributed by atoms with van der Waals surface area (Å²) in [4.78, 5) is 2.72. The van der Waals surface area contributed by atoms with Gasteiger partial charge in [0.05, 0.1) is 12.2 Å². The first-order chi connectivity index (χ1) is 10.4. The van der Waals surface area contributed by atoms with Crippen LogP contribution in [0.2, 0.25) is 0 Å². The molecular formula is C16H29N5. The molecule has 1 aliphatic carbocycles. The van der Waals surface area contributed by atoms with Crippen LogP contribution >= 0.6 is 0 Å². The minimum atomic E-state index is 0.824. The Morgan fingerprint density at radius 1 is 1.19 bits per heavy atom. The van der Waals surface area contributed by atoms with Crippen molar-refractivity contribution in [2.75, 3.05) is 19.6 Å². The van der Waals surface area contributed by atoms with Gasteiger partial charge in [0.1, 0.15) is 0 Å². The third kappa shape index (κ3) is 3.83. The first-order valence-electron chi connectivity index (χ1n) is 8.70. The predicted octanol–water partition coefficient (Wildman–Crippen LogP) is 2.04. The molecule has 1 aliphatic heterocycles. The van der Waals surface area contributed by atoms with E-state index >= 15 is 0 Å². The minimum Gasteiger partial charge on any atom is -0.311 e. The fourth-order valence-electron chi connectivity index (χ4n) is 4.02. The molecule has 118 valence electrons. The lowest BCUT2D eigenvalue weighted by Gasteiger charge is -2.44. The van der Waals surface area contributed by atoms with E-state index in [0.29, 0.717) is 0 Å². The summed E-state index contributed by atoms with van der Waals surface area (Å²) in [6.45, 7) is 7.30. The van der Waals surface area contributed by atoms with Gasteiger partial charge < -0.3 is 5.32 Å². The summed E-state index contributed by atoms with van der Waals surface area (Å²) in [7, 11) is 0. The summed E-state index contributed by atoms with van der Waals surface area (Å²) in [5, 5.41) is 11.8. The van der Waals surface area contributed by atoms with E-state index in [2.05, 4.69) is 33.6 Å². The van der Waals surface area contributed by atoms with Gasteiger partial charge in [-0.3, -0.25) is 9.58 Å². The number of hydrogen-bond donors (Lipinski definition) is 1. The quantitative estimate of drug-likeness (QED) is 0.871. The predicted molar refractivity (Wildman–Crippen MR) is 84.0 cm³/mol. The van der Waals surface area contributed by atoms with Crippen LogP contribution in [0.4, 0.5) is 0 Å². The Kier molecular flexibility index (Phi) is 5.25. The van der Waals surface area contributed by atoms with Crippen molar-refractivity contribution < 1.29 is 0 Å². The van der Waals surface area contributed by atoms with Crippen LogP contribution in [0.5, 0.6) is 0 Å². The number of piperidine rings is 1. The molecule has 2 aliphatic rings. The lowest BCUT2D eigenvalue weighted by Crippen LogP contribution is -2.47. The highest BCUT2D eigenvalue weighted by atomic mass is 15.4. The fourth-order valence-corrected chi connectivity index (χ4v) is 4.02. The van der Waals surface area contributed by atoms with Crippen LogP contribution in [0.3, 0.4) is 0 Å². The Labute approximate surface area is 128 Å². The Balaban J connectivity index is 1.50. The largest absolute Gasteiger partial charge is 0.311 e. The average Bonchev–Trinajstić information content (AvgIpc) is 2.99. The van der Waals surface area contributed by atoms with E-state index in [4.69, 9.17) is 0 Å². The highest BCUT2D eigenvalue weighted by molar-refractivity contribution is 4.92. The smallest absolute Gasteiger partial charge is 0.0964 e. The molecule has 2 fully saturated rings. The van der Waals surface area contributed by atoms with E-state index in [1.54, 1.807) is 0 Å². The van der Waals surface area contributed by atoms with E-state index in [1.165, 1.54) is 45.1 Å². The lowest BCUT2D eigenvalue weighted by atomic mass is 9.78. The lowest BCUT2D eigenvalue weighted by molar-refractivity contribution is 0.0573. The van der Waals surface area contributed by atoms with Crippen molar-refractivity contribution >= 4 is 0 Å². The second-order valence-corrected chi connectivity index (χ2v) is 6.54. The van der Waals surface area contributed by atoms with Gasteiger partial charge >= 0.3 is 0 Å². The van der Waals surface area contributed by atoms with Crippen molar-refractivity contribution in [1.29, 1.82) is 0 Å². The molecule has 1 saturated carbocycles. The van der Waals surface area contributed by atoms with Crippen molar-refractivity contribution in [2.45, 2.75) is 64.6 Å². The van der Waals surface area contributed by atoms with Gasteiger partial charge in [-0.05, 0) is 44.7 Å². The molecule has 1 saturated heterocycles. The first kappa shape index (κ1) is 15.0. The van der Waals surface area contributed by atoms with Gasteiger partial charge in [-0.25, -0.2) is 0 Å². The molecule has 0 radical (unpaired) electrons. The molecule has 21 heavy (non-hydrogen) atoms. The van der Waals surface area contributed by atoms with Crippen molar-refractivity contribution in [2.24, 2.45) is 5.92 Å². The molecule has 0 bridgehead atoms. The number of hydrogen-bond acceptors (Lipinski definition) is 4. The van der Waals surface area contributed by atoms with E-state index in [1.807, 2.05) is 4.68 Å². The van der Waals surface area contributed by atoms with Crippen molar-refractivity contribution in [3.05, 3.63) is 11.9 Å². The van der Waals surface area contributed by atoms with Gasteiger partial charge in [-0.1, -0.05) is 25.0 Å². The highest BCUT2D eigenvalue weighted by Gasteiger charge is 2.32. The Bertz CT molecular complexity index is 428. The van der Waals surface area contributed by atoms with Crippen LogP contribution in [0.1, 0.15) is 51.1 Å². The zero-order valence-electron chi connectivity index (χ0n) is 13.3. The third-order valence-electron chi connectivity index (χ3n) is 5.12. The zero-order chi connectivity index (χ0) is 14.5. The minimum absolute atomic E-state index is 0.824. The van der Waals surface area contributed by atoms with Gasteiger partial charge in [0.25, 0.3) is 0 Å². The topological polar surface area (TPSA) is 46.0 Å². The summed E-state index contributed by atoms with van der Waals surface area (Å²) >= 11 is 0. The Morgan fingerprint density at radius 3 is 2.95 bits per heavy atom. The summed E-state index contributed by atoms with van der Waals surface area (Å²) in [6, 6.07) is 0.845. The molecule has 1 aromatic rings. The van der Waals surface area contributed by atoms with Crippen molar-refractivity contribution in [3.8, 4) is 0 Å². The molecule has 5 nitrogen and oxygen atoms in total. The highest BCUT2D eigenvalue weighted by Crippen LogP contribution is 2.34.